The molecule has 2 aromatic carbocycles. The molecule has 0 aliphatic heterocycles. The van der Waals surface area contributed by atoms with Gasteiger partial charge in [0.15, 0.2) is 11.6 Å². The van der Waals surface area contributed by atoms with Gasteiger partial charge in [0.1, 0.15) is 5.75 Å². The highest BCUT2D eigenvalue weighted by atomic mass is 32.2. The second kappa shape index (κ2) is 5.49. The van der Waals surface area contributed by atoms with Crippen molar-refractivity contribution in [1.82, 2.24) is 0 Å². The molecule has 8 heteroatoms. The van der Waals surface area contributed by atoms with Crippen LogP contribution in [0.4, 0.5) is 15.8 Å². The fraction of sp³-hybridized carbons (Fsp3) is 0.0769. The minimum Gasteiger partial charge on any atom is -0.508 e. The number of sulfonamides is 1. The number of hydrogen-bond acceptors (Lipinski definition) is 5. The lowest BCUT2D eigenvalue weighted by Gasteiger charge is -2.11. The first-order valence-corrected chi connectivity index (χ1v) is 7.26. The van der Waals surface area contributed by atoms with Gasteiger partial charge in [-0.25, -0.2) is 12.8 Å². The highest BCUT2D eigenvalue weighted by Gasteiger charge is 2.19. The number of halogens is 1. The fourth-order valence-electron chi connectivity index (χ4n) is 1.74. The standard InChI is InChI=1S/C13H13FN2O4S/c1-20-13-11(14)6-10(7-12(13)15)21(18,19)16-8-3-2-4-9(17)5-8/h2-7,16-17H,15H2,1H3. The molecule has 0 amide bonds. The van der Waals surface area contributed by atoms with Gasteiger partial charge in [0.25, 0.3) is 10.0 Å². The Morgan fingerprint density at radius 2 is 2.00 bits per heavy atom. The molecular weight excluding hydrogens is 299 g/mol. The Labute approximate surface area is 121 Å². The number of methoxy groups -OCH3 is 1. The Bertz CT molecular complexity index is 754. The molecule has 112 valence electrons. The molecule has 0 heterocycles. The van der Waals surface area contributed by atoms with Crippen LogP contribution in [-0.4, -0.2) is 20.6 Å². The zero-order chi connectivity index (χ0) is 15.6. The van der Waals surface area contributed by atoms with E-state index in [0.29, 0.717) is 0 Å². The van der Waals surface area contributed by atoms with E-state index in [0.717, 1.165) is 12.1 Å². The summed E-state index contributed by atoms with van der Waals surface area (Å²) in [5, 5.41) is 9.31. The lowest BCUT2D eigenvalue weighted by Crippen LogP contribution is -2.14. The van der Waals surface area contributed by atoms with Crippen molar-refractivity contribution >= 4 is 21.4 Å². The predicted octanol–water partition coefficient (Wildman–Crippen LogP) is 1.92. The molecule has 0 saturated heterocycles. The lowest BCUT2D eigenvalue weighted by atomic mass is 10.3. The molecule has 0 saturated carbocycles. The van der Waals surface area contributed by atoms with Gasteiger partial charge >= 0.3 is 0 Å². The molecule has 0 fully saturated rings. The average molecular weight is 312 g/mol. The molecule has 2 aromatic rings. The molecule has 0 aliphatic rings. The van der Waals surface area contributed by atoms with Gasteiger partial charge in [0.05, 0.1) is 23.4 Å². The summed E-state index contributed by atoms with van der Waals surface area (Å²) in [5.74, 6) is -1.20. The molecule has 0 atom stereocenters. The zero-order valence-electron chi connectivity index (χ0n) is 11.0. The van der Waals surface area contributed by atoms with Crippen molar-refractivity contribution in [3.63, 3.8) is 0 Å². The van der Waals surface area contributed by atoms with Crippen molar-refractivity contribution in [3.05, 3.63) is 42.2 Å². The summed E-state index contributed by atoms with van der Waals surface area (Å²) < 4.78 is 45.0. The van der Waals surface area contributed by atoms with Crippen LogP contribution in [0.3, 0.4) is 0 Å². The molecule has 0 radical (unpaired) electrons. The molecule has 2 rings (SSSR count). The molecule has 6 nitrogen and oxygen atoms in total. The summed E-state index contributed by atoms with van der Waals surface area (Å²) in [7, 11) is -2.81. The van der Waals surface area contributed by atoms with Crippen LogP contribution in [-0.2, 0) is 10.0 Å². The maximum Gasteiger partial charge on any atom is 0.262 e. The first-order valence-electron chi connectivity index (χ1n) is 5.78. The van der Waals surface area contributed by atoms with E-state index < -0.39 is 15.8 Å². The van der Waals surface area contributed by atoms with Crippen LogP contribution in [0.5, 0.6) is 11.5 Å². The van der Waals surface area contributed by atoms with E-state index in [1.165, 1.54) is 31.4 Å². The smallest absolute Gasteiger partial charge is 0.262 e. The minimum atomic E-state index is -4.04. The van der Waals surface area contributed by atoms with Gasteiger partial charge in [-0.2, -0.15) is 0 Å². The highest BCUT2D eigenvalue weighted by molar-refractivity contribution is 7.92. The van der Waals surface area contributed by atoms with Gasteiger partial charge < -0.3 is 15.6 Å². The predicted molar refractivity (Wildman–Crippen MR) is 76.3 cm³/mol. The van der Waals surface area contributed by atoms with E-state index in [1.54, 1.807) is 0 Å². The third kappa shape index (κ3) is 3.16. The lowest BCUT2D eigenvalue weighted by molar-refractivity contribution is 0.388. The summed E-state index contributed by atoms with van der Waals surface area (Å²) >= 11 is 0. The largest absolute Gasteiger partial charge is 0.508 e. The SMILES string of the molecule is COc1c(N)cc(S(=O)(=O)Nc2cccc(O)c2)cc1F. The number of rotatable bonds is 4. The molecule has 0 aromatic heterocycles. The van der Waals surface area contributed by atoms with Crippen LogP contribution in [0.2, 0.25) is 0 Å². The van der Waals surface area contributed by atoms with Crippen LogP contribution in [0, 0.1) is 5.82 Å². The van der Waals surface area contributed by atoms with Crippen LogP contribution < -0.4 is 15.2 Å². The van der Waals surface area contributed by atoms with Crippen molar-refractivity contribution in [2.75, 3.05) is 17.6 Å². The van der Waals surface area contributed by atoms with Crippen molar-refractivity contribution in [3.8, 4) is 11.5 Å². The Balaban J connectivity index is 2.40. The Morgan fingerprint density at radius 3 is 2.57 bits per heavy atom. The molecule has 4 N–H and O–H groups in total. The summed E-state index contributed by atoms with van der Waals surface area (Å²) in [6.07, 6.45) is 0. The summed E-state index contributed by atoms with van der Waals surface area (Å²) in [5.41, 5.74) is 5.56. The maximum absolute atomic E-state index is 13.7. The Hall–Kier alpha value is -2.48. The number of anilines is 2. The summed E-state index contributed by atoms with van der Waals surface area (Å²) in [4.78, 5) is -0.346. The minimum absolute atomic E-state index is 0.101. The summed E-state index contributed by atoms with van der Waals surface area (Å²) in [6, 6.07) is 7.42. The second-order valence-corrected chi connectivity index (χ2v) is 5.87. The van der Waals surface area contributed by atoms with Crippen LogP contribution >= 0.6 is 0 Å². The van der Waals surface area contributed by atoms with Crippen molar-refractivity contribution in [2.45, 2.75) is 4.90 Å². The zero-order valence-corrected chi connectivity index (χ0v) is 11.8. The van der Waals surface area contributed by atoms with E-state index in [4.69, 9.17) is 10.5 Å². The number of ether oxygens (including phenoxy) is 1. The van der Waals surface area contributed by atoms with Gasteiger partial charge in [-0.3, -0.25) is 4.72 Å². The average Bonchev–Trinajstić information content (AvgIpc) is 2.37. The normalized spacial score (nSPS) is 11.1. The number of phenols is 1. The number of nitrogens with one attached hydrogen (secondary N) is 1. The highest BCUT2D eigenvalue weighted by Crippen LogP contribution is 2.29. The maximum atomic E-state index is 13.7. The number of nitrogens with two attached hydrogens (primary N) is 1. The van der Waals surface area contributed by atoms with Gasteiger partial charge in [0.2, 0.25) is 0 Å². The third-order valence-corrected chi connectivity index (χ3v) is 4.02. The van der Waals surface area contributed by atoms with Gasteiger partial charge in [-0.15, -0.1) is 0 Å². The Kier molecular flexibility index (Phi) is 3.90. The molecule has 0 spiro atoms. The second-order valence-electron chi connectivity index (χ2n) is 4.18. The van der Waals surface area contributed by atoms with E-state index in [9.17, 15) is 17.9 Å². The van der Waals surface area contributed by atoms with Gasteiger partial charge in [-0.1, -0.05) is 6.07 Å². The van der Waals surface area contributed by atoms with E-state index in [2.05, 4.69) is 4.72 Å². The molecule has 0 unspecified atom stereocenters. The first kappa shape index (κ1) is 14.9. The number of hydrogen-bond donors (Lipinski definition) is 3. The molecular formula is C13H13FN2O4S. The number of nitrogen functional groups attached to an aromatic ring is 1. The Morgan fingerprint density at radius 1 is 1.29 bits per heavy atom. The monoisotopic (exact) mass is 312 g/mol. The number of aromatic hydroxyl groups is 1. The van der Waals surface area contributed by atoms with E-state index in [1.807, 2.05) is 0 Å². The van der Waals surface area contributed by atoms with E-state index in [-0.39, 0.29) is 27.8 Å². The van der Waals surface area contributed by atoms with Gasteiger partial charge in [0, 0.05) is 6.07 Å². The van der Waals surface area contributed by atoms with Crippen molar-refractivity contribution < 1.29 is 22.7 Å². The molecule has 0 bridgehead atoms. The summed E-state index contributed by atoms with van der Waals surface area (Å²) in [6.45, 7) is 0. The van der Waals surface area contributed by atoms with E-state index >= 15 is 0 Å². The molecule has 21 heavy (non-hydrogen) atoms. The van der Waals surface area contributed by atoms with Gasteiger partial charge in [-0.05, 0) is 24.3 Å². The van der Waals surface area contributed by atoms with Crippen LogP contribution in [0.1, 0.15) is 0 Å². The quantitative estimate of drug-likeness (QED) is 0.749. The number of phenolic OH excluding ortho intramolecular Hbond substituents is 1. The van der Waals surface area contributed by atoms with Crippen LogP contribution in [0.25, 0.3) is 0 Å². The first-order chi connectivity index (χ1) is 9.83. The van der Waals surface area contributed by atoms with Crippen molar-refractivity contribution in [2.24, 2.45) is 0 Å². The van der Waals surface area contributed by atoms with Crippen LogP contribution in [0.15, 0.2) is 41.3 Å². The topological polar surface area (TPSA) is 102 Å². The third-order valence-electron chi connectivity index (χ3n) is 2.66. The fourth-order valence-corrected chi connectivity index (χ4v) is 2.84. The molecule has 0 aliphatic carbocycles. The number of benzene rings is 2. The van der Waals surface area contributed by atoms with Crippen molar-refractivity contribution in [1.29, 1.82) is 0 Å².